The number of rotatable bonds is 2. The van der Waals surface area contributed by atoms with Crippen molar-refractivity contribution in [2.45, 2.75) is 26.2 Å². The highest BCUT2D eigenvalue weighted by Gasteiger charge is 2.30. The Hall–Kier alpha value is -2.18. The number of piperidine rings is 1. The van der Waals surface area contributed by atoms with E-state index >= 15 is 0 Å². The molecule has 0 bridgehead atoms. The number of aromatic nitrogens is 2. The lowest BCUT2D eigenvalue weighted by atomic mass is 9.95. The Labute approximate surface area is 142 Å². The molecule has 3 rings (SSSR count). The van der Waals surface area contributed by atoms with Gasteiger partial charge in [-0.1, -0.05) is 0 Å². The van der Waals surface area contributed by atoms with Crippen LogP contribution in [0.25, 0.3) is 0 Å². The molecule has 1 aromatic rings. The Bertz CT molecular complexity index is 572. The molecular weight excluding hydrogens is 306 g/mol. The first kappa shape index (κ1) is 16.7. The van der Waals surface area contributed by atoms with E-state index in [0.29, 0.717) is 13.1 Å². The molecule has 7 heteroatoms. The molecule has 2 aliphatic heterocycles. The lowest BCUT2D eigenvalue weighted by molar-refractivity contribution is -0.136. The Morgan fingerprint density at radius 1 is 0.958 bits per heavy atom. The van der Waals surface area contributed by atoms with E-state index in [1.165, 1.54) is 0 Å². The molecule has 130 valence electrons. The van der Waals surface area contributed by atoms with Crippen LogP contribution >= 0.6 is 0 Å². The summed E-state index contributed by atoms with van der Waals surface area (Å²) in [7, 11) is 0. The van der Waals surface area contributed by atoms with E-state index < -0.39 is 0 Å². The van der Waals surface area contributed by atoms with Gasteiger partial charge in [0.1, 0.15) is 0 Å². The van der Waals surface area contributed by atoms with Crippen LogP contribution in [0.5, 0.6) is 0 Å². The zero-order chi connectivity index (χ0) is 16.9. The molecule has 2 saturated heterocycles. The summed E-state index contributed by atoms with van der Waals surface area (Å²) in [5.41, 5.74) is 0. The van der Waals surface area contributed by atoms with Gasteiger partial charge >= 0.3 is 0 Å². The van der Waals surface area contributed by atoms with Crippen molar-refractivity contribution < 1.29 is 9.59 Å². The minimum Gasteiger partial charge on any atom is -0.341 e. The summed E-state index contributed by atoms with van der Waals surface area (Å²) < 4.78 is 0. The summed E-state index contributed by atoms with van der Waals surface area (Å²) in [6.45, 7) is 6.03. The maximum absolute atomic E-state index is 12.8. The van der Waals surface area contributed by atoms with Crippen LogP contribution in [0.15, 0.2) is 18.5 Å². The normalized spacial score (nSPS) is 20.0. The molecule has 1 aromatic heterocycles. The van der Waals surface area contributed by atoms with E-state index in [9.17, 15) is 9.59 Å². The summed E-state index contributed by atoms with van der Waals surface area (Å²) in [6.07, 6.45) is 6.03. The van der Waals surface area contributed by atoms with Gasteiger partial charge in [0.05, 0.1) is 0 Å². The van der Waals surface area contributed by atoms with Gasteiger partial charge in [0.15, 0.2) is 0 Å². The molecule has 0 N–H and O–H groups in total. The van der Waals surface area contributed by atoms with Crippen LogP contribution in [0.3, 0.4) is 0 Å². The van der Waals surface area contributed by atoms with Crippen molar-refractivity contribution in [2.24, 2.45) is 5.92 Å². The molecule has 0 radical (unpaired) electrons. The first-order chi connectivity index (χ1) is 11.6. The molecule has 0 saturated carbocycles. The second-order valence-electron chi connectivity index (χ2n) is 6.50. The van der Waals surface area contributed by atoms with Crippen LogP contribution in [-0.4, -0.2) is 70.9 Å². The highest BCUT2D eigenvalue weighted by atomic mass is 16.2. The van der Waals surface area contributed by atoms with Crippen LogP contribution < -0.4 is 4.90 Å². The maximum Gasteiger partial charge on any atom is 0.225 e. The predicted octanol–water partition coefficient (Wildman–Crippen LogP) is 0.774. The predicted molar refractivity (Wildman–Crippen MR) is 90.4 cm³/mol. The first-order valence-electron chi connectivity index (χ1n) is 8.71. The van der Waals surface area contributed by atoms with Crippen LogP contribution in [0, 0.1) is 5.92 Å². The van der Waals surface area contributed by atoms with Crippen molar-refractivity contribution in [3.63, 3.8) is 0 Å². The van der Waals surface area contributed by atoms with Gasteiger partial charge in [0.2, 0.25) is 17.8 Å². The zero-order valence-corrected chi connectivity index (χ0v) is 14.2. The molecule has 3 heterocycles. The maximum atomic E-state index is 12.8. The van der Waals surface area contributed by atoms with Gasteiger partial charge in [0.25, 0.3) is 0 Å². The fourth-order valence-electron chi connectivity index (χ4n) is 3.49. The highest BCUT2D eigenvalue weighted by Crippen LogP contribution is 2.22. The van der Waals surface area contributed by atoms with Crippen LogP contribution in [0.4, 0.5) is 5.95 Å². The lowest BCUT2D eigenvalue weighted by Crippen LogP contribution is -2.44. The second kappa shape index (κ2) is 7.59. The average molecular weight is 331 g/mol. The van der Waals surface area contributed by atoms with Gasteiger partial charge in [0, 0.05) is 64.5 Å². The van der Waals surface area contributed by atoms with Crippen molar-refractivity contribution in [3.8, 4) is 0 Å². The fraction of sp³-hybridized carbons (Fsp3) is 0.647. The number of carbonyl (C=O) groups excluding carboxylic acids is 2. The van der Waals surface area contributed by atoms with Gasteiger partial charge < -0.3 is 14.7 Å². The van der Waals surface area contributed by atoms with Crippen LogP contribution in [0.1, 0.15) is 26.2 Å². The number of anilines is 1. The zero-order valence-electron chi connectivity index (χ0n) is 14.2. The molecule has 2 fully saturated rings. The van der Waals surface area contributed by atoms with Gasteiger partial charge in [-0.2, -0.15) is 0 Å². The molecule has 2 amide bonds. The number of carbonyl (C=O) groups is 2. The van der Waals surface area contributed by atoms with Crippen molar-refractivity contribution in [2.75, 3.05) is 44.2 Å². The summed E-state index contributed by atoms with van der Waals surface area (Å²) in [6, 6.07) is 1.81. The SMILES string of the molecule is CC(=O)N1CCCN(C(=O)C2CCN(c3ncccn3)CC2)CC1. The number of nitrogens with zero attached hydrogens (tertiary/aromatic N) is 5. The second-order valence-corrected chi connectivity index (χ2v) is 6.50. The van der Waals surface area contributed by atoms with E-state index in [-0.39, 0.29) is 17.7 Å². The smallest absolute Gasteiger partial charge is 0.225 e. The molecule has 24 heavy (non-hydrogen) atoms. The third kappa shape index (κ3) is 3.83. The monoisotopic (exact) mass is 331 g/mol. The molecule has 2 aliphatic rings. The molecule has 0 spiro atoms. The largest absolute Gasteiger partial charge is 0.341 e. The van der Waals surface area contributed by atoms with E-state index in [0.717, 1.165) is 51.4 Å². The lowest BCUT2D eigenvalue weighted by Gasteiger charge is -2.34. The fourth-order valence-corrected chi connectivity index (χ4v) is 3.49. The molecule has 0 aromatic carbocycles. The summed E-state index contributed by atoms with van der Waals surface area (Å²) >= 11 is 0. The van der Waals surface area contributed by atoms with Gasteiger partial charge in [-0.3, -0.25) is 9.59 Å². The number of hydrogen-bond acceptors (Lipinski definition) is 5. The summed E-state index contributed by atoms with van der Waals surface area (Å²) in [4.78, 5) is 38.8. The van der Waals surface area contributed by atoms with Crippen molar-refractivity contribution in [1.29, 1.82) is 0 Å². The Balaban J connectivity index is 1.52. The average Bonchev–Trinajstić information content (AvgIpc) is 2.88. The summed E-state index contributed by atoms with van der Waals surface area (Å²) in [5, 5.41) is 0. The Kier molecular flexibility index (Phi) is 5.27. The minimum atomic E-state index is 0.0776. The van der Waals surface area contributed by atoms with Gasteiger partial charge in [-0.05, 0) is 25.3 Å². The summed E-state index contributed by atoms with van der Waals surface area (Å²) in [5.74, 6) is 1.17. The molecule has 7 nitrogen and oxygen atoms in total. The first-order valence-corrected chi connectivity index (χ1v) is 8.71. The highest BCUT2D eigenvalue weighted by molar-refractivity contribution is 5.79. The molecular formula is C17H25N5O2. The quantitative estimate of drug-likeness (QED) is 0.801. The molecule has 0 aliphatic carbocycles. The molecule has 0 atom stereocenters. The third-order valence-corrected chi connectivity index (χ3v) is 4.93. The van der Waals surface area contributed by atoms with Gasteiger partial charge in [-0.15, -0.1) is 0 Å². The topological polar surface area (TPSA) is 69.6 Å². The number of hydrogen-bond donors (Lipinski definition) is 0. The standard InChI is InChI=1S/C17H25N5O2/c1-14(23)20-8-3-9-21(13-12-20)16(24)15-4-10-22(11-5-15)17-18-6-2-7-19-17/h2,6-7,15H,3-5,8-13H2,1H3. The van der Waals surface area contributed by atoms with Crippen LogP contribution in [-0.2, 0) is 9.59 Å². The van der Waals surface area contributed by atoms with E-state index in [1.54, 1.807) is 19.3 Å². The number of amides is 2. The Morgan fingerprint density at radius 2 is 1.58 bits per heavy atom. The minimum absolute atomic E-state index is 0.0776. The van der Waals surface area contributed by atoms with Crippen molar-refractivity contribution in [3.05, 3.63) is 18.5 Å². The van der Waals surface area contributed by atoms with Crippen molar-refractivity contribution >= 4 is 17.8 Å². The third-order valence-electron chi connectivity index (χ3n) is 4.93. The Morgan fingerprint density at radius 3 is 2.25 bits per heavy atom. The van der Waals surface area contributed by atoms with E-state index in [2.05, 4.69) is 14.9 Å². The molecule has 0 unspecified atom stereocenters. The van der Waals surface area contributed by atoms with Gasteiger partial charge in [-0.25, -0.2) is 9.97 Å². The van der Waals surface area contributed by atoms with E-state index in [1.807, 2.05) is 15.9 Å². The van der Waals surface area contributed by atoms with E-state index in [4.69, 9.17) is 0 Å². The van der Waals surface area contributed by atoms with Crippen LogP contribution in [0.2, 0.25) is 0 Å². The van der Waals surface area contributed by atoms with Crippen molar-refractivity contribution in [1.82, 2.24) is 19.8 Å².